The second kappa shape index (κ2) is 7.02. The van der Waals surface area contributed by atoms with Gasteiger partial charge in [0, 0.05) is 7.11 Å². The maximum absolute atomic E-state index is 6.27. The lowest BCUT2D eigenvalue weighted by Gasteiger charge is -2.24. The Morgan fingerprint density at radius 1 is 1.40 bits per heavy atom. The quantitative estimate of drug-likeness (QED) is 0.709. The molecule has 1 rings (SSSR count). The van der Waals surface area contributed by atoms with E-state index in [1.165, 1.54) is 37.7 Å². The van der Waals surface area contributed by atoms with Crippen LogP contribution in [0.3, 0.4) is 0 Å². The Balaban J connectivity index is 2.54. The van der Waals surface area contributed by atoms with Crippen LogP contribution in [0, 0.1) is 0 Å². The monoisotopic (exact) mass is 211 g/mol. The normalized spacial score (nSPS) is 21.7. The van der Waals surface area contributed by atoms with Gasteiger partial charge in [0.05, 0.1) is 12.1 Å². The molecule has 2 unspecified atom stereocenters. The summed E-state index contributed by atoms with van der Waals surface area (Å²) < 4.78 is 5.48. The standard InChI is InChI=1S/C13H25NO/c1-3-8-12(15-2)13(14)11-9-6-4-5-7-10-11/h9,12-13H,3-8,10,14H2,1-2H3. The third-order valence-electron chi connectivity index (χ3n) is 3.28. The summed E-state index contributed by atoms with van der Waals surface area (Å²) in [6, 6.07) is 0.119. The minimum absolute atomic E-state index is 0.119. The van der Waals surface area contributed by atoms with E-state index in [1.807, 2.05) is 0 Å². The van der Waals surface area contributed by atoms with Crippen molar-refractivity contribution in [3.8, 4) is 0 Å². The summed E-state index contributed by atoms with van der Waals surface area (Å²) >= 11 is 0. The maximum Gasteiger partial charge on any atom is 0.0760 e. The number of hydrogen-bond acceptors (Lipinski definition) is 2. The number of allylic oxidation sites excluding steroid dienone is 1. The summed E-state index contributed by atoms with van der Waals surface area (Å²) in [6.45, 7) is 2.18. The van der Waals surface area contributed by atoms with E-state index in [4.69, 9.17) is 10.5 Å². The highest BCUT2D eigenvalue weighted by Crippen LogP contribution is 2.22. The molecule has 0 heterocycles. The van der Waals surface area contributed by atoms with Crippen molar-refractivity contribution in [1.82, 2.24) is 0 Å². The van der Waals surface area contributed by atoms with Crippen LogP contribution < -0.4 is 5.73 Å². The SMILES string of the molecule is CCCC(OC)C(N)C1=CCCCCC1. The molecule has 2 N–H and O–H groups in total. The molecule has 0 aromatic rings. The second-order valence-corrected chi connectivity index (χ2v) is 4.47. The van der Waals surface area contributed by atoms with Crippen LogP contribution in [-0.2, 0) is 4.74 Å². The lowest BCUT2D eigenvalue weighted by molar-refractivity contribution is 0.0808. The molecule has 2 nitrogen and oxygen atoms in total. The zero-order valence-electron chi connectivity index (χ0n) is 10.2. The van der Waals surface area contributed by atoms with Crippen LogP contribution in [0.2, 0.25) is 0 Å². The largest absolute Gasteiger partial charge is 0.379 e. The van der Waals surface area contributed by atoms with Crippen LogP contribution in [-0.4, -0.2) is 19.3 Å². The van der Waals surface area contributed by atoms with Gasteiger partial charge in [-0.2, -0.15) is 0 Å². The van der Waals surface area contributed by atoms with Gasteiger partial charge in [0.25, 0.3) is 0 Å². The van der Waals surface area contributed by atoms with Crippen molar-refractivity contribution in [3.63, 3.8) is 0 Å². The smallest absolute Gasteiger partial charge is 0.0760 e. The lowest BCUT2D eigenvalue weighted by Crippen LogP contribution is -2.37. The van der Waals surface area contributed by atoms with E-state index < -0.39 is 0 Å². The van der Waals surface area contributed by atoms with Crippen LogP contribution in [0.15, 0.2) is 11.6 Å². The first-order valence-electron chi connectivity index (χ1n) is 6.27. The molecule has 0 spiro atoms. The summed E-state index contributed by atoms with van der Waals surface area (Å²) in [7, 11) is 1.78. The van der Waals surface area contributed by atoms with Gasteiger partial charge in [-0.15, -0.1) is 0 Å². The minimum atomic E-state index is 0.119. The van der Waals surface area contributed by atoms with E-state index in [-0.39, 0.29) is 12.1 Å². The van der Waals surface area contributed by atoms with Crippen LogP contribution in [0.5, 0.6) is 0 Å². The topological polar surface area (TPSA) is 35.2 Å². The summed E-state index contributed by atoms with van der Waals surface area (Å²) in [5, 5.41) is 0. The molecule has 0 aromatic heterocycles. The number of methoxy groups -OCH3 is 1. The molecule has 2 heteroatoms. The van der Waals surface area contributed by atoms with E-state index in [0.29, 0.717) is 0 Å². The minimum Gasteiger partial charge on any atom is -0.379 e. The van der Waals surface area contributed by atoms with Crippen molar-refractivity contribution in [1.29, 1.82) is 0 Å². The summed E-state index contributed by atoms with van der Waals surface area (Å²) in [5.41, 5.74) is 7.69. The molecule has 0 aromatic carbocycles. The molecule has 1 aliphatic carbocycles. The molecule has 0 amide bonds. The number of hydrogen-bond donors (Lipinski definition) is 1. The van der Waals surface area contributed by atoms with E-state index in [0.717, 1.165) is 12.8 Å². The number of nitrogens with two attached hydrogens (primary N) is 1. The molecule has 2 atom stereocenters. The van der Waals surface area contributed by atoms with E-state index in [1.54, 1.807) is 7.11 Å². The van der Waals surface area contributed by atoms with E-state index in [2.05, 4.69) is 13.0 Å². The second-order valence-electron chi connectivity index (χ2n) is 4.47. The Bertz CT molecular complexity index is 201. The van der Waals surface area contributed by atoms with Crippen molar-refractivity contribution in [2.24, 2.45) is 5.73 Å². The van der Waals surface area contributed by atoms with Gasteiger partial charge in [-0.1, -0.05) is 31.4 Å². The van der Waals surface area contributed by atoms with Gasteiger partial charge >= 0.3 is 0 Å². The maximum atomic E-state index is 6.27. The van der Waals surface area contributed by atoms with Crippen LogP contribution in [0.25, 0.3) is 0 Å². The molecule has 0 aliphatic heterocycles. The molecular weight excluding hydrogens is 186 g/mol. The average molecular weight is 211 g/mol. The molecule has 88 valence electrons. The first-order chi connectivity index (χ1) is 7.29. The van der Waals surface area contributed by atoms with Gasteiger partial charge in [0.1, 0.15) is 0 Å². The van der Waals surface area contributed by atoms with Crippen LogP contribution in [0.1, 0.15) is 51.9 Å². The highest BCUT2D eigenvalue weighted by atomic mass is 16.5. The summed E-state index contributed by atoms with van der Waals surface area (Å²) in [6.07, 6.45) is 11.1. The van der Waals surface area contributed by atoms with Crippen molar-refractivity contribution in [2.75, 3.05) is 7.11 Å². The van der Waals surface area contributed by atoms with Gasteiger partial charge < -0.3 is 10.5 Å². The van der Waals surface area contributed by atoms with Gasteiger partial charge in [-0.3, -0.25) is 0 Å². The van der Waals surface area contributed by atoms with Crippen LogP contribution >= 0.6 is 0 Å². The predicted molar refractivity (Wildman–Crippen MR) is 64.8 cm³/mol. The fraction of sp³-hybridized carbons (Fsp3) is 0.846. The molecule has 0 saturated carbocycles. The Kier molecular flexibility index (Phi) is 5.96. The van der Waals surface area contributed by atoms with Gasteiger partial charge in [-0.05, 0) is 32.1 Å². The Labute approximate surface area is 93.9 Å². The zero-order chi connectivity index (χ0) is 11.1. The van der Waals surface area contributed by atoms with Gasteiger partial charge in [-0.25, -0.2) is 0 Å². The van der Waals surface area contributed by atoms with Crippen molar-refractivity contribution in [3.05, 3.63) is 11.6 Å². The third kappa shape index (κ3) is 3.96. The number of ether oxygens (including phenoxy) is 1. The molecule has 1 aliphatic rings. The molecular formula is C13H25NO. The number of rotatable bonds is 5. The van der Waals surface area contributed by atoms with Crippen molar-refractivity contribution in [2.45, 2.75) is 64.0 Å². The van der Waals surface area contributed by atoms with E-state index >= 15 is 0 Å². The third-order valence-corrected chi connectivity index (χ3v) is 3.28. The molecule has 0 fully saturated rings. The van der Waals surface area contributed by atoms with E-state index in [9.17, 15) is 0 Å². The molecule has 0 radical (unpaired) electrons. The predicted octanol–water partition coefficient (Wildman–Crippen LogP) is 3.02. The first kappa shape index (κ1) is 12.7. The summed E-state index contributed by atoms with van der Waals surface area (Å²) in [4.78, 5) is 0. The molecule has 0 saturated heterocycles. The summed E-state index contributed by atoms with van der Waals surface area (Å²) in [5.74, 6) is 0. The lowest BCUT2D eigenvalue weighted by atomic mass is 9.95. The highest BCUT2D eigenvalue weighted by Gasteiger charge is 2.20. The Hall–Kier alpha value is -0.340. The van der Waals surface area contributed by atoms with Gasteiger partial charge in [0.2, 0.25) is 0 Å². The fourth-order valence-corrected chi connectivity index (χ4v) is 2.31. The average Bonchev–Trinajstić information content (AvgIpc) is 2.53. The molecule has 15 heavy (non-hydrogen) atoms. The highest BCUT2D eigenvalue weighted by molar-refractivity contribution is 5.13. The molecule has 0 bridgehead atoms. The van der Waals surface area contributed by atoms with Gasteiger partial charge in [0.15, 0.2) is 0 Å². The zero-order valence-corrected chi connectivity index (χ0v) is 10.2. The Morgan fingerprint density at radius 2 is 2.20 bits per heavy atom. The van der Waals surface area contributed by atoms with Crippen molar-refractivity contribution < 1.29 is 4.74 Å². The first-order valence-corrected chi connectivity index (χ1v) is 6.27. The fourth-order valence-electron chi connectivity index (χ4n) is 2.31. The van der Waals surface area contributed by atoms with Crippen LogP contribution in [0.4, 0.5) is 0 Å². The van der Waals surface area contributed by atoms with Crippen molar-refractivity contribution >= 4 is 0 Å². The Morgan fingerprint density at radius 3 is 2.87 bits per heavy atom.